The topological polar surface area (TPSA) is 52.3 Å². The van der Waals surface area contributed by atoms with Gasteiger partial charge >= 0.3 is 5.97 Å². The number of carbonyl (C=O) groups excluding carboxylic acids is 1. The summed E-state index contributed by atoms with van der Waals surface area (Å²) in [6.07, 6.45) is 5.70. The van der Waals surface area contributed by atoms with E-state index in [1.165, 1.54) is 19.3 Å². The summed E-state index contributed by atoms with van der Waals surface area (Å²) in [5.74, 6) is -0.315. The lowest BCUT2D eigenvalue weighted by molar-refractivity contribution is 0.0496. The van der Waals surface area contributed by atoms with Crippen molar-refractivity contribution in [3.63, 3.8) is 0 Å². The van der Waals surface area contributed by atoms with Crippen molar-refractivity contribution in [3.05, 3.63) is 28.2 Å². The lowest BCUT2D eigenvalue weighted by Crippen LogP contribution is -2.07. The average molecular weight is 314 g/mol. The quantitative estimate of drug-likeness (QED) is 0.467. The first-order chi connectivity index (χ1) is 8.65. The fraction of sp³-hybridized carbons (Fsp3) is 0.500. The maximum atomic E-state index is 11.8. The molecule has 100 valence electrons. The summed E-state index contributed by atoms with van der Waals surface area (Å²) in [6.45, 7) is 2.65. The molecule has 0 bridgehead atoms. The van der Waals surface area contributed by atoms with Crippen LogP contribution in [0.15, 0.2) is 22.7 Å². The molecule has 0 aliphatic heterocycles. The minimum Gasteiger partial charge on any atom is -0.462 e. The Morgan fingerprint density at radius 1 is 1.28 bits per heavy atom. The van der Waals surface area contributed by atoms with Gasteiger partial charge in [0.2, 0.25) is 0 Å². The van der Waals surface area contributed by atoms with Gasteiger partial charge in [0.15, 0.2) is 0 Å². The Morgan fingerprint density at radius 3 is 2.72 bits per heavy atom. The minimum atomic E-state index is -0.315. The van der Waals surface area contributed by atoms with Gasteiger partial charge in [-0.15, -0.1) is 0 Å². The molecule has 4 heteroatoms. The molecule has 0 fully saturated rings. The van der Waals surface area contributed by atoms with E-state index in [0.717, 1.165) is 12.8 Å². The van der Waals surface area contributed by atoms with E-state index in [9.17, 15) is 4.79 Å². The van der Waals surface area contributed by atoms with Crippen molar-refractivity contribution in [2.75, 3.05) is 12.3 Å². The van der Waals surface area contributed by atoms with Gasteiger partial charge in [0.1, 0.15) is 0 Å². The maximum absolute atomic E-state index is 11.8. The van der Waals surface area contributed by atoms with Crippen molar-refractivity contribution in [2.24, 2.45) is 0 Å². The third-order valence-electron chi connectivity index (χ3n) is 2.69. The van der Waals surface area contributed by atoms with Crippen LogP contribution in [0.1, 0.15) is 49.4 Å². The SMILES string of the molecule is CCCCCCCOC(=O)c1cc(N)ccc1Br. The van der Waals surface area contributed by atoms with Crippen LogP contribution in [0.2, 0.25) is 0 Å². The number of rotatable bonds is 7. The van der Waals surface area contributed by atoms with Gasteiger partial charge in [-0.2, -0.15) is 0 Å². The molecule has 3 nitrogen and oxygen atoms in total. The van der Waals surface area contributed by atoms with Crippen LogP contribution in [0.4, 0.5) is 5.69 Å². The second-order valence-corrected chi connectivity index (χ2v) is 5.14. The summed E-state index contributed by atoms with van der Waals surface area (Å²) in [5, 5.41) is 0. The number of unbranched alkanes of at least 4 members (excludes halogenated alkanes) is 4. The fourth-order valence-electron chi connectivity index (χ4n) is 1.65. The van der Waals surface area contributed by atoms with Crippen LogP contribution in [0.25, 0.3) is 0 Å². The highest BCUT2D eigenvalue weighted by Gasteiger charge is 2.11. The molecule has 0 aliphatic rings. The van der Waals surface area contributed by atoms with E-state index >= 15 is 0 Å². The minimum absolute atomic E-state index is 0.315. The zero-order chi connectivity index (χ0) is 13.4. The largest absolute Gasteiger partial charge is 0.462 e. The Kier molecular flexibility index (Phi) is 6.80. The first kappa shape index (κ1) is 15.0. The van der Waals surface area contributed by atoms with Crippen molar-refractivity contribution in [1.29, 1.82) is 0 Å². The average Bonchev–Trinajstić information content (AvgIpc) is 2.36. The number of hydrogen-bond donors (Lipinski definition) is 1. The van der Waals surface area contributed by atoms with Crippen LogP contribution in [-0.4, -0.2) is 12.6 Å². The van der Waals surface area contributed by atoms with Gasteiger partial charge in [-0.3, -0.25) is 0 Å². The Labute approximate surface area is 117 Å². The van der Waals surface area contributed by atoms with E-state index in [4.69, 9.17) is 10.5 Å². The molecular formula is C14H20BrNO2. The molecule has 1 aromatic rings. The molecule has 0 saturated carbocycles. The molecule has 0 amide bonds. The van der Waals surface area contributed by atoms with Crippen LogP contribution in [0.3, 0.4) is 0 Å². The molecule has 0 atom stereocenters. The van der Waals surface area contributed by atoms with Gasteiger partial charge in [-0.25, -0.2) is 4.79 Å². The van der Waals surface area contributed by atoms with Crippen molar-refractivity contribution >= 4 is 27.6 Å². The molecule has 1 aromatic carbocycles. The number of nitrogen functional groups attached to an aromatic ring is 1. The highest BCUT2D eigenvalue weighted by Crippen LogP contribution is 2.20. The van der Waals surface area contributed by atoms with Gasteiger partial charge in [0, 0.05) is 10.2 Å². The molecule has 1 rings (SSSR count). The van der Waals surface area contributed by atoms with Gasteiger partial charge in [-0.05, 0) is 40.5 Å². The zero-order valence-corrected chi connectivity index (χ0v) is 12.3. The van der Waals surface area contributed by atoms with E-state index in [2.05, 4.69) is 22.9 Å². The molecule has 2 N–H and O–H groups in total. The lowest BCUT2D eigenvalue weighted by Gasteiger charge is -2.07. The number of anilines is 1. The van der Waals surface area contributed by atoms with Crippen molar-refractivity contribution < 1.29 is 9.53 Å². The first-order valence-electron chi connectivity index (χ1n) is 6.37. The monoisotopic (exact) mass is 313 g/mol. The van der Waals surface area contributed by atoms with Crippen molar-refractivity contribution in [1.82, 2.24) is 0 Å². The molecule has 0 unspecified atom stereocenters. The van der Waals surface area contributed by atoms with Gasteiger partial charge in [-0.1, -0.05) is 32.6 Å². The maximum Gasteiger partial charge on any atom is 0.339 e. The normalized spacial score (nSPS) is 10.3. The van der Waals surface area contributed by atoms with Crippen LogP contribution in [-0.2, 0) is 4.74 Å². The number of halogens is 1. The molecular weight excluding hydrogens is 294 g/mol. The smallest absolute Gasteiger partial charge is 0.339 e. The van der Waals surface area contributed by atoms with E-state index in [-0.39, 0.29) is 5.97 Å². The molecule has 0 aliphatic carbocycles. The third kappa shape index (κ3) is 5.08. The number of carbonyl (C=O) groups is 1. The molecule has 0 heterocycles. The predicted molar refractivity (Wildman–Crippen MR) is 77.6 cm³/mol. The Bertz CT molecular complexity index is 393. The van der Waals surface area contributed by atoms with Crippen molar-refractivity contribution in [3.8, 4) is 0 Å². The van der Waals surface area contributed by atoms with Crippen LogP contribution < -0.4 is 5.73 Å². The Morgan fingerprint density at radius 2 is 2.00 bits per heavy atom. The summed E-state index contributed by atoms with van der Waals surface area (Å²) < 4.78 is 5.94. The Balaban J connectivity index is 2.34. The summed E-state index contributed by atoms with van der Waals surface area (Å²) in [6, 6.07) is 5.13. The Hall–Kier alpha value is -1.03. The van der Waals surface area contributed by atoms with Crippen LogP contribution in [0.5, 0.6) is 0 Å². The molecule has 0 spiro atoms. The summed E-state index contributed by atoms with van der Waals surface area (Å²) in [5.41, 5.74) is 6.70. The molecule has 0 saturated heterocycles. The number of nitrogens with two attached hydrogens (primary N) is 1. The van der Waals surface area contributed by atoms with E-state index in [1.807, 2.05) is 0 Å². The number of benzene rings is 1. The number of esters is 1. The summed E-state index contributed by atoms with van der Waals surface area (Å²) in [4.78, 5) is 11.8. The first-order valence-corrected chi connectivity index (χ1v) is 7.16. The fourth-order valence-corrected chi connectivity index (χ4v) is 2.06. The van der Waals surface area contributed by atoms with Crippen LogP contribution in [0, 0.1) is 0 Å². The number of ether oxygens (including phenoxy) is 1. The van der Waals surface area contributed by atoms with Gasteiger partial charge in [0.25, 0.3) is 0 Å². The lowest BCUT2D eigenvalue weighted by atomic mass is 10.2. The van der Waals surface area contributed by atoms with Gasteiger partial charge < -0.3 is 10.5 Å². The molecule has 0 aromatic heterocycles. The molecule has 18 heavy (non-hydrogen) atoms. The summed E-state index contributed by atoms with van der Waals surface area (Å²) in [7, 11) is 0. The standard InChI is InChI=1S/C14H20BrNO2/c1-2-3-4-5-6-9-18-14(17)12-10-11(16)7-8-13(12)15/h7-8,10H,2-6,9,16H2,1H3. The van der Waals surface area contributed by atoms with Crippen LogP contribution >= 0.6 is 15.9 Å². The highest BCUT2D eigenvalue weighted by molar-refractivity contribution is 9.10. The second-order valence-electron chi connectivity index (χ2n) is 4.29. The van der Waals surface area contributed by atoms with Crippen molar-refractivity contribution in [2.45, 2.75) is 39.0 Å². The van der Waals surface area contributed by atoms with E-state index in [0.29, 0.717) is 22.3 Å². The highest BCUT2D eigenvalue weighted by atomic mass is 79.9. The predicted octanol–water partition coefficient (Wildman–Crippen LogP) is 4.16. The second kappa shape index (κ2) is 8.14. The van der Waals surface area contributed by atoms with Gasteiger partial charge in [0.05, 0.1) is 12.2 Å². The number of hydrogen-bond acceptors (Lipinski definition) is 3. The molecule has 0 radical (unpaired) electrons. The van der Waals surface area contributed by atoms with E-state index < -0.39 is 0 Å². The third-order valence-corrected chi connectivity index (χ3v) is 3.38. The summed E-state index contributed by atoms with van der Waals surface area (Å²) >= 11 is 3.32. The van der Waals surface area contributed by atoms with E-state index in [1.54, 1.807) is 18.2 Å². The zero-order valence-electron chi connectivity index (χ0n) is 10.7.